The number of carbonyl (C=O) groups is 1. The molecule has 1 aliphatic rings. The Balaban J connectivity index is 2.18. The second-order valence-electron chi connectivity index (χ2n) is 7.32. The van der Waals surface area contributed by atoms with E-state index < -0.39 is 0 Å². The van der Waals surface area contributed by atoms with Gasteiger partial charge in [-0.05, 0) is 30.7 Å². The van der Waals surface area contributed by atoms with E-state index in [4.69, 9.17) is 4.74 Å². The Morgan fingerprint density at radius 1 is 1.36 bits per heavy atom. The molecule has 2 rings (SSSR count). The molecule has 1 fully saturated rings. The normalized spacial score (nSPS) is 23.5. The molecule has 1 aromatic carbocycles. The van der Waals surface area contributed by atoms with Gasteiger partial charge in [-0.15, -0.1) is 6.58 Å². The first-order valence-electron chi connectivity index (χ1n) is 9.62. The van der Waals surface area contributed by atoms with Crippen molar-refractivity contribution < 1.29 is 9.53 Å². The highest BCUT2D eigenvalue weighted by molar-refractivity contribution is 5.78. The van der Waals surface area contributed by atoms with Crippen LogP contribution in [0.15, 0.2) is 43.0 Å². The first-order chi connectivity index (χ1) is 12.2. The standard InChI is InChI=1S/C22H33NO2/c1-4-6-11-15-22(21(24)25-3)18-23(17-20(22)14-7-5-2)16-19-12-9-8-10-13-19/h5,8-10,12-13,20H,2,4,6-7,11,14-18H2,1,3H3/t20-,22+/m1/s1. The van der Waals surface area contributed by atoms with Gasteiger partial charge in [0, 0.05) is 19.6 Å². The van der Waals surface area contributed by atoms with Crippen LogP contribution in [0.2, 0.25) is 0 Å². The third kappa shape index (κ3) is 4.94. The highest BCUT2D eigenvalue weighted by Crippen LogP contribution is 2.44. The molecular weight excluding hydrogens is 310 g/mol. The zero-order chi connectivity index (χ0) is 18.1. The minimum Gasteiger partial charge on any atom is -0.469 e. The summed E-state index contributed by atoms with van der Waals surface area (Å²) in [6, 6.07) is 10.5. The number of unbranched alkanes of at least 4 members (excludes halogenated alkanes) is 2. The molecular formula is C22H33NO2. The molecule has 0 unspecified atom stereocenters. The quantitative estimate of drug-likeness (QED) is 0.346. The maximum Gasteiger partial charge on any atom is 0.313 e. The molecule has 3 nitrogen and oxygen atoms in total. The first kappa shape index (κ1) is 19.7. The predicted molar refractivity (Wildman–Crippen MR) is 103 cm³/mol. The smallest absolute Gasteiger partial charge is 0.313 e. The zero-order valence-electron chi connectivity index (χ0n) is 15.9. The molecule has 0 spiro atoms. The molecule has 0 radical (unpaired) electrons. The van der Waals surface area contributed by atoms with Crippen LogP contribution in [0.3, 0.4) is 0 Å². The number of rotatable bonds is 10. The zero-order valence-corrected chi connectivity index (χ0v) is 15.9. The number of methoxy groups -OCH3 is 1. The maximum atomic E-state index is 12.8. The largest absolute Gasteiger partial charge is 0.469 e. The number of likely N-dealkylation sites (tertiary alicyclic amines) is 1. The van der Waals surface area contributed by atoms with Gasteiger partial charge in [-0.2, -0.15) is 0 Å². The van der Waals surface area contributed by atoms with Crippen LogP contribution < -0.4 is 0 Å². The highest BCUT2D eigenvalue weighted by atomic mass is 16.5. The van der Waals surface area contributed by atoms with Gasteiger partial charge in [0.15, 0.2) is 0 Å². The Bertz CT molecular complexity index is 542. The summed E-state index contributed by atoms with van der Waals surface area (Å²) in [6.07, 6.45) is 8.30. The molecule has 0 bridgehead atoms. The molecule has 0 aliphatic carbocycles. The fourth-order valence-corrected chi connectivity index (χ4v) is 4.24. The summed E-state index contributed by atoms with van der Waals surface area (Å²) in [5.74, 6) is 0.326. The Kier molecular flexibility index (Phi) is 7.70. The molecule has 1 aromatic rings. The number of nitrogens with zero attached hydrogens (tertiary/aromatic N) is 1. The number of ether oxygens (including phenoxy) is 1. The summed E-state index contributed by atoms with van der Waals surface area (Å²) in [4.78, 5) is 15.3. The van der Waals surface area contributed by atoms with E-state index in [0.29, 0.717) is 5.92 Å². The maximum absolute atomic E-state index is 12.8. The van der Waals surface area contributed by atoms with Crippen molar-refractivity contribution >= 4 is 5.97 Å². The molecule has 0 saturated carbocycles. The van der Waals surface area contributed by atoms with Crippen LogP contribution in [-0.2, 0) is 16.1 Å². The van der Waals surface area contributed by atoms with Crippen molar-refractivity contribution in [2.24, 2.45) is 11.3 Å². The van der Waals surface area contributed by atoms with E-state index in [1.165, 1.54) is 25.5 Å². The van der Waals surface area contributed by atoms with Crippen LogP contribution in [0.4, 0.5) is 0 Å². The number of hydrogen-bond donors (Lipinski definition) is 0. The lowest BCUT2D eigenvalue weighted by atomic mass is 9.72. The SMILES string of the molecule is C=CCC[C@@H]1CN(Cc2ccccc2)C[C@]1(CCCCC)C(=O)OC. The van der Waals surface area contributed by atoms with Gasteiger partial charge in [-0.25, -0.2) is 0 Å². The van der Waals surface area contributed by atoms with Crippen LogP contribution in [0.25, 0.3) is 0 Å². The highest BCUT2D eigenvalue weighted by Gasteiger charge is 2.51. The minimum atomic E-state index is -0.359. The monoisotopic (exact) mass is 343 g/mol. The Morgan fingerprint density at radius 3 is 2.76 bits per heavy atom. The topological polar surface area (TPSA) is 29.5 Å². The summed E-state index contributed by atoms with van der Waals surface area (Å²) in [7, 11) is 1.54. The molecule has 1 aliphatic heterocycles. The van der Waals surface area contributed by atoms with Gasteiger partial charge < -0.3 is 4.74 Å². The lowest BCUT2D eigenvalue weighted by Gasteiger charge is -2.32. The van der Waals surface area contributed by atoms with E-state index in [-0.39, 0.29) is 11.4 Å². The molecule has 3 heteroatoms. The molecule has 0 amide bonds. The first-order valence-corrected chi connectivity index (χ1v) is 9.62. The number of carbonyl (C=O) groups excluding carboxylic acids is 1. The van der Waals surface area contributed by atoms with Crippen LogP contribution in [0.5, 0.6) is 0 Å². The lowest BCUT2D eigenvalue weighted by molar-refractivity contribution is -0.155. The van der Waals surface area contributed by atoms with Gasteiger partial charge in [0.05, 0.1) is 12.5 Å². The van der Waals surface area contributed by atoms with Gasteiger partial charge in [0.25, 0.3) is 0 Å². The molecule has 1 heterocycles. The van der Waals surface area contributed by atoms with Crippen LogP contribution in [-0.4, -0.2) is 31.1 Å². The Labute approximate surface area is 153 Å². The van der Waals surface area contributed by atoms with Crippen molar-refractivity contribution in [1.29, 1.82) is 0 Å². The van der Waals surface area contributed by atoms with Gasteiger partial charge in [0.2, 0.25) is 0 Å². The van der Waals surface area contributed by atoms with Gasteiger partial charge in [-0.1, -0.05) is 62.6 Å². The Hall–Kier alpha value is -1.61. The second-order valence-corrected chi connectivity index (χ2v) is 7.32. The van der Waals surface area contributed by atoms with E-state index in [2.05, 4.69) is 42.7 Å². The molecule has 2 atom stereocenters. The minimum absolute atomic E-state index is 0.0202. The van der Waals surface area contributed by atoms with E-state index in [0.717, 1.165) is 45.3 Å². The van der Waals surface area contributed by atoms with Crippen LogP contribution in [0.1, 0.15) is 51.0 Å². The molecule has 25 heavy (non-hydrogen) atoms. The predicted octanol–water partition coefficient (Wildman–Crippen LogP) is 4.82. The van der Waals surface area contributed by atoms with Crippen molar-refractivity contribution in [3.05, 3.63) is 48.6 Å². The summed E-state index contributed by atoms with van der Waals surface area (Å²) >= 11 is 0. The van der Waals surface area contributed by atoms with Crippen LogP contribution >= 0.6 is 0 Å². The summed E-state index contributed by atoms with van der Waals surface area (Å²) < 4.78 is 5.29. The van der Waals surface area contributed by atoms with E-state index >= 15 is 0 Å². The van der Waals surface area contributed by atoms with Crippen molar-refractivity contribution in [2.75, 3.05) is 20.2 Å². The van der Waals surface area contributed by atoms with E-state index in [9.17, 15) is 4.79 Å². The number of hydrogen-bond acceptors (Lipinski definition) is 3. The number of esters is 1. The van der Waals surface area contributed by atoms with Gasteiger partial charge in [0.1, 0.15) is 0 Å². The van der Waals surface area contributed by atoms with Crippen molar-refractivity contribution in [2.45, 2.75) is 52.0 Å². The van der Waals surface area contributed by atoms with Crippen molar-refractivity contribution in [3.8, 4) is 0 Å². The average molecular weight is 344 g/mol. The molecule has 1 saturated heterocycles. The van der Waals surface area contributed by atoms with Gasteiger partial charge in [-0.3, -0.25) is 9.69 Å². The van der Waals surface area contributed by atoms with Crippen molar-refractivity contribution in [3.63, 3.8) is 0 Å². The van der Waals surface area contributed by atoms with Gasteiger partial charge >= 0.3 is 5.97 Å². The summed E-state index contributed by atoms with van der Waals surface area (Å²) in [6.45, 7) is 8.74. The second kappa shape index (κ2) is 9.76. The van der Waals surface area contributed by atoms with E-state index in [1.54, 1.807) is 0 Å². The average Bonchev–Trinajstić information content (AvgIpc) is 2.98. The third-order valence-corrected chi connectivity index (χ3v) is 5.55. The van der Waals surface area contributed by atoms with Crippen LogP contribution in [0, 0.1) is 11.3 Å². The molecule has 138 valence electrons. The number of allylic oxidation sites excluding steroid dienone is 1. The summed E-state index contributed by atoms with van der Waals surface area (Å²) in [5, 5.41) is 0. The third-order valence-electron chi connectivity index (χ3n) is 5.55. The Morgan fingerprint density at radius 2 is 2.12 bits per heavy atom. The fraction of sp³-hybridized carbons (Fsp3) is 0.591. The number of benzene rings is 1. The molecule has 0 aromatic heterocycles. The van der Waals surface area contributed by atoms with E-state index in [1.807, 2.05) is 12.1 Å². The van der Waals surface area contributed by atoms with Crippen molar-refractivity contribution in [1.82, 2.24) is 4.90 Å². The molecule has 0 N–H and O–H groups in total. The fourth-order valence-electron chi connectivity index (χ4n) is 4.24. The summed E-state index contributed by atoms with van der Waals surface area (Å²) in [5.41, 5.74) is 0.945. The lowest BCUT2D eigenvalue weighted by Crippen LogP contribution is -2.40.